The van der Waals surface area contributed by atoms with Crippen LogP contribution in [0.2, 0.25) is 0 Å². The summed E-state index contributed by atoms with van der Waals surface area (Å²) >= 11 is 0. The highest BCUT2D eigenvalue weighted by Crippen LogP contribution is 2.18. The number of nitrogen functional groups attached to an aromatic ring is 1. The van der Waals surface area contributed by atoms with Crippen molar-refractivity contribution in [1.82, 2.24) is 9.97 Å². The smallest absolute Gasteiger partial charge is 0.227 e. The van der Waals surface area contributed by atoms with Gasteiger partial charge in [0.25, 0.3) is 0 Å². The molecular formula is C9H13FN4O. The van der Waals surface area contributed by atoms with Gasteiger partial charge in [-0.15, -0.1) is 0 Å². The fraction of sp³-hybridized carbons (Fsp3) is 0.556. The average molecular weight is 212 g/mol. The first kappa shape index (κ1) is 10.1. The molecule has 0 spiro atoms. The molecule has 1 aromatic heterocycles. The SMILES string of the molecule is Nc1ccnc(N2CCC(O)C(F)C2)n1. The second-order valence-electron chi connectivity index (χ2n) is 3.60. The van der Waals surface area contributed by atoms with E-state index in [4.69, 9.17) is 5.73 Å². The van der Waals surface area contributed by atoms with E-state index < -0.39 is 12.3 Å². The highest BCUT2D eigenvalue weighted by Gasteiger charge is 2.28. The molecule has 1 aromatic rings. The van der Waals surface area contributed by atoms with E-state index in [1.165, 1.54) is 6.20 Å². The summed E-state index contributed by atoms with van der Waals surface area (Å²) < 4.78 is 13.2. The Balaban J connectivity index is 2.12. The molecule has 1 fully saturated rings. The lowest BCUT2D eigenvalue weighted by molar-refractivity contribution is 0.0612. The quantitative estimate of drug-likeness (QED) is 0.683. The van der Waals surface area contributed by atoms with Crippen LogP contribution in [-0.4, -0.2) is 40.4 Å². The predicted molar refractivity (Wildman–Crippen MR) is 54.2 cm³/mol. The van der Waals surface area contributed by atoms with Gasteiger partial charge in [0.15, 0.2) is 0 Å². The Morgan fingerprint density at radius 1 is 1.60 bits per heavy atom. The van der Waals surface area contributed by atoms with Gasteiger partial charge in [0.1, 0.15) is 12.0 Å². The van der Waals surface area contributed by atoms with Gasteiger partial charge >= 0.3 is 0 Å². The van der Waals surface area contributed by atoms with E-state index in [0.29, 0.717) is 24.7 Å². The molecule has 0 aliphatic carbocycles. The maximum atomic E-state index is 13.2. The highest BCUT2D eigenvalue weighted by molar-refractivity contribution is 5.38. The van der Waals surface area contributed by atoms with Crippen molar-refractivity contribution in [2.24, 2.45) is 0 Å². The normalized spacial score (nSPS) is 26.7. The Hall–Kier alpha value is -1.43. The van der Waals surface area contributed by atoms with Gasteiger partial charge in [-0.2, -0.15) is 4.98 Å². The van der Waals surface area contributed by atoms with Crippen LogP contribution in [0.4, 0.5) is 16.2 Å². The molecule has 5 nitrogen and oxygen atoms in total. The fourth-order valence-corrected chi connectivity index (χ4v) is 1.59. The molecule has 2 heterocycles. The van der Waals surface area contributed by atoms with Crippen LogP contribution < -0.4 is 10.6 Å². The van der Waals surface area contributed by atoms with Gasteiger partial charge in [-0.3, -0.25) is 0 Å². The van der Waals surface area contributed by atoms with Crippen LogP contribution in [0.25, 0.3) is 0 Å². The summed E-state index contributed by atoms with van der Waals surface area (Å²) in [5, 5.41) is 9.23. The molecule has 2 atom stereocenters. The number of rotatable bonds is 1. The van der Waals surface area contributed by atoms with Crippen molar-refractivity contribution in [3.8, 4) is 0 Å². The number of alkyl halides is 1. The molecule has 6 heteroatoms. The zero-order valence-corrected chi connectivity index (χ0v) is 8.17. The van der Waals surface area contributed by atoms with Gasteiger partial charge in [-0.25, -0.2) is 9.37 Å². The number of aliphatic hydroxyl groups excluding tert-OH is 1. The number of nitrogens with zero attached hydrogens (tertiary/aromatic N) is 3. The van der Waals surface area contributed by atoms with Gasteiger partial charge in [0, 0.05) is 12.7 Å². The Bertz CT molecular complexity index is 349. The summed E-state index contributed by atoms with van der Waals surface area (Å²) in [4.78, 5) is 9.70. The minimum Gasteiger partial charge on any atom is -0.390 e. The highest BCUT2D eigenvalue weighted by atomic mass is 19.1. The van der Waals surface area contributed by atoms with Crippen molar-refractivity contribution in [3.05, 3.63) is 12.3 Å². The van der Waals surface area contributed by atoms with E-state index in [9.17, 15) is 9.50 Å². The Morgan fingerprint density at radius 3 is 3.07 bits per heavy atom. The van der Waals surface area contributed by atoms with Gasteiger partial charge < -0.3 is 15.7 Å². The first-order valence-corrected chi connectivity index (χ1v) is 4.82. The number of nitrogens with two attached hydrogens (primary N) is 1. The van der Waals surface area contributed by atoms with Crippen LogP contribution in [0, 0.1) is 0 Å². The summed E-state index contributed by atoms with van der Waals surface area (Å²) in [7, 11) is 0. The molecule has 0 aromatic carbocycles. The topological polar surface area (TPSA) is 75.3 Å². The number of hydrogen-bond donors (Lipinski definition) is 2. The minimum atomic E-state index is -1.25. The number of anilines is 2. The lowest BCUT2D eigenvalue weighted by atomic mass is 10.1. The molecule has 0 saturated carbocycles. The molecule has 2 rings (SSSR count). The van der Waals surface area contributed by atoms with Crippen molar-refractivity contribution in [2.75, 3.05) is 23.7 Å². The fourth-order valence-electron chi connectivity index (χ4n) is 1.59. The Kier molecular flexibility index (Phi) is 2.68. The van der Waals surface area contributed by atoms with E-state index >= 15 is 0 Å². The molecule has 3 N–H and O–H groups in total. The van der Waals surface area contributed by atoms with Crippen LogP contribution in [0.5, 0.6) is 0 Å². The summed E-state index contributed by atoms with van der Waals surface area (Å²) in [5.41, 5.74) is 5.51. The molecule has 0 radical (unpaired) electrons. The van der Waals surface area contributed by atoms with E-state index in [1.807, 2.05) is 0 Å². The summed E-state index contributed by atoms with van der Waals surface area (Å²) in [6.07, 6.45) is -0.194. The van der Waals surface area contributed by atoms with E-state index in [2.05, 4.69) is 9.97 Å². The van der Waals surface area contributed by atoms with Crippen LogP contribution in [-0.2, 0) is 0 Å². The third-order valence-electron chi connectivity index (χ3n) is 2.45. The molecule has 2 unspecified atom stereocenters. The van der Waals surface area contributed by atoms with Gasteiger partial charge in [0.05, 0.1) is 12.6 Å². The van der Waals surface area contributed by atoms with Crippen molar-refractivity contribution in [1.29, 1.82) is 0 Å². The van der Waals surface area contributed by atoms with Gasteiger partial charge in [-0.05, 0) is 12.5 Å². The Labute approximate surface area is 86.7 Å². The van der Waals surface area contributed by atoms with Crippen LogP contribution in [0.15, 0.2) is 12.3 Å². The lowest BCUT2D eigenvalue weighted by Gasteiger charge is -2.32. The predicted octanol–water partition coefficient (Wildman–Crippen LogP) is -0.0321. The second kappa shape index (κ2) is 3.98. The lowest BCUT2D eigenvalue weighted by Crippen LogP contribution is -2.45. The van der Waals surface area contributed by atoms with Crippen molar-refractivity contribution < 1.29 is 9.50 Å². The third kappa shape index (κ3) is 2.15. The van der Waals surface area contributed by atoms with Crippen molar-refractivity contribution >= 4 is 11.8 Å². The number of aliphatic hydroxyl groups is 1. The van der Waals surface area contributed by atoms with Crippen LogP contribution >= 0.6 is 0 Å². The minimum absolute atomic E-state index is 0.116. The van der Waals surface area contributed by atoms with Gasteiger partial charge in [0.2, 0.25) is 5.95 Å². The zero-order valence-electron chi connectivity index (χ0n) is 8.17. The standard InChI is InChI=1S/C9H13FN4O/c10-6-5-14(4-2-7(6)15)9-12-3-1-8(11)13-9/h1,3,6-7,15H,2,4-5H2,(H2,11,12,13). The molecule has 1 aliphatic heterocycles. The first-order valence-electron chi connectivity index (χ1n) is 4.82. The van der Waals surface area contributed by atoms with Crippen LogP contribution in [0.1, 0.15) is 6.42 Å². The molecule has 82 valence electrons. The van der Waals surface area contributed by atoms with Gasteiger partial charge in [-0.1, -0.05) is 0 Å². The molecule has 0 amide bonds. The van der Waals surface area contributed by atoms with E-state index in [0.717, 1.165) is 0 Å². The largest absolute Gasteiger partial charge is 0.390 e. The maximum Gasteiger partial charge on any atom is 0.227 e. The summed E-state index contributed by atoms with van der Waals surface area (Å²) in [6, 6.07) is 1.58. The maximum absolute atomic E-state index is 13.2. The van der Waals surface area contributed by atoms with Crippen LogP contribution in [0.3, 0.4) is 0 Å². The van der Waals surface area contributed by atoms with E-state index in [-0.39, 0.29) is 6.54 Å². The Morgan fingerprint density at radius 2 is 2.40 bits per heavy atom. The number of halogens is 1. The number of aromatic nitrogens is 2. The third-order valence-corrected chi connectivity index (χ3v) is 2.45. The molecule has 0 bridgehead atoms. The average Bonchev–Trinajstić information content (AvgIpc) is 2.22. The zero-order chi connectivity index (χ0) is 10.8. The van der Waals surface area contributed by atoms with Crippen molar-refractivity contribution in [3.63, 3.8) is 0 Å². The second-order valence-corrected chi connectivity index (χ2v) is 3.60. The first-order chi connectivity index (χ1) is 7.16. The number of piperidine rings is 1. The number of hydrogen-bond acceptors (Lipinski definition) is 5. The summed E-state index contributed by atoms with van der Waals surface area (Å²) in [6.45, 7) is 0.662. The molecule has 15 heavy (non-hydrogen) atoms. The monoisotopic (exact) mass is 212 g/mol. The molecule has 1 saturated heterocycles. The molecular weight excluding hydrogens is 199 g/mol. The van der Waals surface area contributed by atoms with E-state index in [1.54, 1.807) is 11.0 Å². The molecule has 1 aliphatic rings. The summed E-state index contributed by atoms with van der Waals surface area (Å²) in [5.74, 6) is 0.783. The van der Waals surface area contributed by atoms with Crippen molar-refractivity contribution in [2.45, 2.75) is 18.7 Å².